The number of nitrogens with zero attached hydrogens (tertiary/aromatic N) is 2. The summed E-state index contributed by atoms with van der Waals surface area (Å²) in [5.74, 6) is 0.784. The van der Waals surface area contributed by atoms with Crippen LogP contribution in [0.2, 0.25) is 0 Å². The fourth-order valence-corrected chi connectivity index (χ4v) is 3.68. The van der Waals surface area contributed by atoms with Gasteiger partial charge in [-0.3, -0.25) is 4.90 Å². The van der Waals surface area contributed by atoms with Gasteiger partial charge in [0.05, 0.1) is 0 Å². The van der Waals surface area contributed by atoms with Gasteiger partial charge in [-0.15, -0.1) is 0 Å². The minimum atomic E-state index is 0.399. The van der Waals surface area contributed by atoms with Crippen molar-refractivity contribution in [1.29, 1.82) is 0 Å². The first kappa shape index (κ1) is 14.3. The van der Waals surface area contributed by atoms with Crippen molar-refractivity contribution < 1.29 is 0 Å². The molecule has 2 rings (SSSR count). The van der Waals surface area contributed by atoms with Crippen LogP contribution in [0.5, 0.6) is 0 Å². The number of hydrogen-bond acceptors (Lipinski definition) is 3. The highest BCUT2D eigenvalue weighted by molar-refractivity contribution is 4.83. The van der Waals surface area contributed by atoms with Crippen molar-refractivity contribution in [2.24, 2.45) is 11.7 Å². The van der Waals surface area contributed by atoms with E-state index in [1.54, 1.807) is 0 Å². The minimum absolute atomic E-state index is 0.399. The summed E-state index contributed by atoms with van der Waals surface area (Å²) in [7, 11) is 2.24. The molecule has 0 aromatic heterocycles. The van der Waals surface area contributed by atoms with Gasteiger partial charge in [0.15, 0.2) is 0 Å². The van der Waals surface area contributed by atoms with E-state index in [0.717, 1.165) is 12.5 Å². The van der Waals surface area contributed by atoms with Gasteiger partial charge >= 0.3 is 0 Å². The smallest absolute Gasteiger partial charge is 0.0196 e. The van der Waals surface area contributed by atoms with Crippen LogP contribution in [-0.4, -0.2) is 55.1 Å². The largest absolute Gasteiger partial charge is 0.326 e. The third-order valence-electron chi connectivity index (χ3n) is 4.89. The van der Waals surface area contributed by atoms with Gasteiger partial charge in [0.25, 0.3) is 0 Å². The average Bonchev–Trinajstić information content (AvgIpc) is 2.52. The SMILES string of the molecule is CC1CN(C)CCCN1CC(N)C1CCCCC1. The molecule has 0 amide bonds. The zero-order valence-electron chi connectivity index (χ0n) is 12.3. The second-order valence-electron chi connectivity index (χ2n) is 6.52. The van der Waals surface area contributed by atoms with E-state index in [9.17, 15) is 0 Å². The molecule has 1 heterocycles. The lowest BCUT2D eigenvalue weighted by molar-refractivity contribution is 0.164. The molecule has 1 saturated carbocycles. The number of likely N-dealkylation sites (N-methyl/N-ethyl adjacent to an activating group) is 1. The number of hydrogen-bond donors (Lipinski definition) is 1. The lowest BCUT2D eigenvalue weighted by atomic mass is 9.84. The Balaban J connectivity index is 1.82. The summed E-state index contributed by atoms with van der Waals surface area (Å²) in [5, 5.41) is 0. The second kappa shape index (κ2) is 6.88. The van der Waals surface area contributed by atoms with Gasteiger partial charge in [-0.25, -0.2) is 0 Å². The zero-order valence-corrected chi connectivity index (χ0v) is 12.3. The summed E-state index contributed by atoms with van der Waals surface area (Å²) < 4.78 is 0. The summed E-state index contributed by atoms with van der Waals surface area (Å²) in [6.45, 7) is 7.12. The lowest BCUT2D eigenvalue weighted by Crippen LogP contribution is -2.47. The lowest BCUT2D eigenvalue weighted by Gasteiger charge is -2.34. The van der Waals surface area contributed by atoms with Crippen molar-refractivity contribution in [2.75, 3.05) is 33.2 Å². The van der Waals surface area contributed by atoms with Crippen LogP contribution in [0.1, 0.15) is 45.4 Å². The van der Waals surface area contributed by atoms with Crippen molar-refractivity contribution in [1.82, 2.24) is 9.80 Å². The van der Waals surface area contributed by atoms with Crippen molar-refractivity contribution in [3.63, 3.8) is 0 Å². The van der Waals surface area contributed by atoms with E-state index in [4.69, 9.17) is 5.73 Å². The van der Waals surface area contributed by atoms with Crippen LogP contribution in [0.3, 0.4) is 0 Å². The molecule has 0 spiro atoms. The highest BCUT2D eigenvalue weighted by Crippen LogP contribution is 2.26. The van der Waals surface area contributed by atoms with Crippen LogP contribution in [0.4, 0.5) is 0 Å². The quantitative estimate of drug-likeness (QED) is 0.834. The monoisotopic (exact) mass is 253 g/mol. The predicted octanol–water partition coefficient (Wildman–Crippen LogP) is 1.92. The summed E-state index contributed by atoms with van der Waals surface area (Å²) in [6.07, 6.45) is 8.24. The predicted molar refractivity (Wildman–Crippen MR) is 77.7 cm³/mol. The van der Waals surface area contributed by atoms with Crippen molar-refractivity contribution in [3.05, 3.63) is 0 Å². The van der Waals surface area contributed by atoms with E-state index in [1.165, 1.54) is 58.2 Å². The fraction of sp³-hybridized carbons (Fsp3) is 1.00. The summed E-state index contributed by atoms with van der Waals surface area (Å²) in [5.41, 5.74) is 6.47. The van der Waals surface area contributed by atoms with Crippen LogP contribution < -0.4 is 5.73 Å². The molecule has 0 aromatic rings. The molecule has 3 heteroatoms. The summed E-state index contributed by atoms with van der Waals surface area (Å²) >= 11 is 0. The van der Waals surface area contributed by atoms with Crippen LogP contribution in [-0.2, 0) is 0 Å². The van der Waals surface area contributed by atoms with Crippen molar-refractivity contribution in [3.8, 4) is 0 Å². The normalized spacial score (nSPS) is 31.2. The second-order valence-corrected chi connectivity index (χ2v) is 6.52. The Morgan fingerprint density at radius 3 is 2.56 bits per heavy atom. The molecule has 0 aromatic carbocycles. The van der Waals surface area contributed by atoms with Crippen molar-refractivity contribution in [2.45, 2.75) is 57.5 Å². The molecular weight excluding hydrogens is 222 g/mol. The Morgan fingerprint density at radius 1 is 1.11 bits per heavy atom. The van der Waals surface area contributed by atoms with Gasteiger partial charge in [-0.2, -0.15) is 0 Å². The molecule has 3 nitrogen and oxygen atoms in total. The Bertz CT molecular complexity index is 238. The highest BCUT2D eigenvalue weighted by Gasteiger charge is 2.26. The number of rotatable bonds is 3. The molecule has 18 heavy (non-hydrogen) atoms. The standard InChI is InChI=1S/C15H31N3/c1-13-11-17(2)9-6-10-18(13)12-15(16)14-7-4-3-5-8-14/h13-15H,3-12,16H2,1-2H3. The Morgan fingerprint density at radius 2 is 1.83 bits per heavy atom. The van der Waals surface area contributed by atoms with Gasteiger partial charge < -0.3 is 10.6 Å². The van der Waals surface area contributed by atoms with Crippen LogP contribution >= 0.6 is 0 Å². The number of nitrogens with two attached hydrogens (primary N) is 1. The molecule has 2 unspecified atom stereocenters. The molecular formula is C15H31N3. The molecule has 0 bridgehead atoms. The van der Waals surface area contributed by atoms with Crippen LogP contribution in [0.15, 0.2) is 0 Å². The molecule has 1 aliphatic heterocycles. The maximum atomic E-state index is 6.47. The average molecular weight is 253 g/mol. The Hall–Kier alpha value is -0.120. The van der Waals surface area contributed by atoms with Crippen molar-refractivity contribution >= 4 is 0 Å². The molecule has 2 atom stereocenters. The first-order valence-electron chi connectivity index (χ1n) is 7.85. The van der Waals surface area contributed by atoms with E-state index in [-0.39, 0.29) is 0 Å². The zero-order chi connectivity index (χ0) is 13.0. The summed E-state index contributed by atoms with van der Waals surface area (Å²) in [4.78, 5) is 5.08. The van der Waals surface area contributed by atoms with E-state index >= 15 is 0 Å². The molecule has 1 aliphatic carbocycles. The third-order valence-corrected chi connectivity index (χ3v) is 4.89. The van der Waals surface area contributed by atoms with Gasteiger partial charge in [0.2, 0.25) is 0 Å². The van der Waals surface area contributed by atoms with Crippen LogP contribution in [0, 0.1) is 5.92 Å². The van der Waals surface area contributed by atoms with Gasteiger partial charge in [-0.1, -0.05) is 19.3 Å². The summed E-state index contributed by atoms with van der Waals surface area (Å²) in [6, 6.07) is 1.06. The van der Waals surface area contributed by atoms with Gasteiger partial charge in [-0.05, 0) is 52.2 Å². The highest BCUT2D eigenvalue weighted by atomic mass is 15.2. The van der Waals surface area contributed by atoms with E-state index in [2.05, 4.69) is 23.8 Å². The first-order valence-corrected chi connectivity index (χ1v) is 7.85. The van der Waals surface area contributed by atoms with Crippen LogP contribution in [0.25, 0.3) is 0 Å². The maximum absolute atomic E-state index is 6.47. The molecule has 2 fully saturated rings. The van der Waals surface area contributed by atoms with E-state index in [0.29, 0.717) is 12.1 Å². The Kier molecular flexibility index (Phi) is 5.46. The molecule has 106 valence electrons. The minimum Gasteiger partial charge on any atom is -0.326 e. The van der Waals surface area contributed by atoms with Gasteiger partial charge in [0, 0.05) is 25.2 Å². The molecule has 1 saturated heterocycles. The van der Waals surface area contributed by atoms with Gasteiger partial charge in [0.1, 0.15) is 0 Å². The third kappa shape index (κ3) is 3.94. The van der Waals surface area contributed by atoms with E-state index < -0.39 is 0 Å². The van der Waals surface area contributed by atoms with E-state index in [1.807, 2.05) is 0 Å². The topological polar surface area (TPSA) is 32.5 Å². The fourth-order valence-electron chi connectivity index (χ4n) is 3.68. The first-order chi connectivity index (χ1) is 8.66. The Labute approximate surface area is 113 Å². The molecule has 0 radical (unpaired) electrons. The molecule has 2 N–H and O–H groups in total. The maximum Gasteiger partial charge on any atom is 0.0196 e. The molecule has 2 aliphatic rings.